The van der Waals surface area contributed by atoms with Crippen LogP contribution in [0.4, 0.5) is 0 Å². The Kier molecular flexibility index (Phi) is 2.80. The van der Waals surface area contributed by atoms with Gasteiger partial charge in [-0.25, -0.2) is 4.79 Å². The average molecular weight is 223 g/mol. The van der Waals surface area contributed by atoms with Crippen molar-refractivity contribution in [2.24, 2.45) is 0 Å². The maximum Gasteiger partial charge on any atom is 0.331 e. The second kappa shape index (κ2) is 4.11. The van der Waals surface area contributed by atoms with Crippen molar-refractivity contribution in [3.05, 3.63) is 29.8 Å². The van der Waals surface area contributed by atoms with E-state index in [1.165, 1.54) is 12.1 Å². The predicted molar refractivity (Wildman–Crippen MR) is 56.2 cm³/mol. The monoisotopic (exact) mass is 223 g/mol. The molecule has 0 spiro atoms. The fourth-order valence-corrected chi connectivity index (χ4v) is 1.81. The van der Waals surface area contributed by atoms with Crippen LogP contribution >= 0.6 is 0 Å². The van der Waals surface area contributed by atoms with Gasteiger partial charge in [-0.3, -0.25) is 5.32 Å². The van der Waals surface area contributed by atoms with Crippen molar-refractivity contribution in [2.75, 3.05) is 19.8 Å². The van der Waals surface area contributed by atoms with Gasteiger partial charge in [0.05, 0.1) is 13.2 Å². The number of benzene rings is 1. The molecule has 1 saturated heterocycles. The second-order valence-corrected chi connectivity index (χ2v) is 3.74. The molecule has 0 aliphatic carbocycles. The van der Waals surface area contributed by atoms with Crippen LogP contribution in [0.2, 0.25) is 0 Å². The molecule has 0 bridgehead atoms. The summed E-state index contributed by atoms with van der Waals surface area (Å²) in [6.07, 6.45) is 0. The maximum absolute atomic E-state index is 11.4. The van der Waals surface area contributed by atoms with Crippen molar-refractivity contribution in [3.63, 3.8) is 0 Å². The number of carboxylic acid groups (broad SMARTS) is 1. The third-order valence-electron chi connectivity index (χ3n) is 2.72. The number of aliphatic carboxylic acids is 1. The summed E-state index contributed by atoms with van der Waals surface area (Å²) in [5, 5.41) is 21.4. The van der Waals surface area contributed by atoms with E-state index in [-0.39, 0.29) is 12.4 Å². The first-order chi connectivity index (χ1) is 7.65. The molecule has 1 unspecified atom stereocenters. The number of phenols is 1. The minimum atomic E-state index is -1.20. The van der Waals surface area contributed by atoms with E-state index in [1.807, 2.05) is 0 Å². The van der Waals surface area contributed by atoms with Crippen LogP contribution in [-0.4, -0.2) is 35.9 Å². The summed E-state index contributed by atoms with van der Waals surface area (Å²) in [7, 11) is 0. The molecule has 1 aromatic rings. The largest absolute Gasteiger partial charge is 0.508 e. The second-order valence-electron chi connectivity index (χ2n) is 3.74. The number of carboxylic acids is 1. The van der Waals surface area contributed by atoms with Crippen LogP contribution in [0.15, 0.2) is 24.3 Å². The Hall–Kier alpha value is -1.59. The molecule has 1 aliphatic heterocycles. The zero-order chi connectivity index (χ0) is 11.6. The molecule has 1 heterocycles. The van der Waals surface area contributed by atoms with E-state index in [9.17, 15) is 15.0 Å². The minimum absolute atomic E-state index is 0.0904. The van der Waals surface area contributed by atoms with Crippen LogP contribution in [0, 0.1) is 0 Å². The zero-order valence-corrected chi connectivity index (χ0v) is 8.64. The van der Waals surface area contributed by atoms with Crippen LogP contribution < -0.4 is 5.32 Å². The lowest BCUT2D eigenvalue weighted by molar-refractivity contribution is -0.151. The molecule has 2 rings (SSSR count). The molecule has 3 N–H and O–H groups in total. The summed E-state index contributed by atoms with van der Waals surface area (Å²) in [5.41, 5.74) is -0.621. The highest BCUT2D eigenvalue weighted by Crippen LogP contribution is 2.25. The van der Waals surface area contributed by atoms with E-state index in [2.05, 4.69) is 5.32 Å². The van der Waals surface area contributed by atoms with Crippen molar-refractivity contribution in [1.82, 2.24) is 5.32 Å². The lowest BCUT2D eigenvalue weighted by Gasteiger charge is -2.34. The highest BCUT2D eigenvalue weighted by molar-refractivity contribution is 5.81. The average Bonchev–Trinajstić information content (AvgIpc) is 2.30. The third-order valence-corrected chi connectivity index (χ3v) is 2.72. The maximum atomic E-state index is 11.4. The Morgan fingerprint density at radius 1 is 1.38 bits per heavy atom. The fraction of sp³-hybridized carbons (Fsp3) is 0.364. The predicted octanol–water partition coefficient (Wildman–Crippen LogP) is 0.292. The summed E-state index contributed by atoms with van der Waals surface area (Å²) < 4.78 is 5.23. The number of nitrogens with one attached hydrogen (secondary N) is 1. The van der Waals surface area contributed by atoms with Gasteiger partial charge in [0.15, 0.2) is 5.54 Å². The number of hydrogen-bond donors (Lipinski definition) is 3. The molecular formula is C11H13NO4. The summed E-state index contributed by atoms with van der Waals surface area (Å²) in [5.74, 6) is -0.862. The molecule has 5 heteroatoms. The van der Waals surface area contributed by atoms with Gasteiger partial charge in [0.1, 0.15) is 5.75 Å². The number of morpholine rings is 1. The quantitative estimate of drug-likeness (QED) is 0.671. The van der Waals surface area contributed by atoms with E-state index in [0.717, 1.165) is 0 Å². The Balaban J connectivity index is 2.38. The number of phenolic OH excluding ortho intramolecular Hbond substituents is 1. The molecule has 0 amide bonds. The highest BCUT2D eigenvalue weighted by Gasteiger charge is 2.42. The number of ether oxygens (including phenoxy) is 1. The Morgan fingerprint density at radius 2 is 2.06 bits per heavy atom. The van der Waals surface area contributed by atoms with Gasteiger partial charge in [-0.15, -0.1) is 0 Å². The molecule has 1 aromatic carbocycles. The van der Waals surface area contributed by atoms with Crippen molar-refractivity contribution in [3.8, 4) is 5.75 Å². The number of aromatic hydroxyl groups is 1. The van der Waals surface area contributed by atoms with Gasteiger partial charge >= 0.3 is 5.97 Å². The third kappa shape index (κ3) is 1.75. The van der Waals surface area contributed by atoms with E-state index in [1.54, 1.807) is 12.1 Å². The van der Waals surface area contributed by atoms with Crippen LogP contribution in [0.3, 0.4) is 0 Å². The lowest BCUT2D eigenvalue weighted by Crippen LogP contribution is -2.56. The summed E-state index contributed by atoms with van der Waals surface area (Å²) in [6.45, 7) is 1.09. The summed E-state index contributed by atoms with van der Waals surface area (Å²) >= 11 is 0. The highest BCUT2D eigenvalue weighted by atomic mass is 16.5. The smallest absolute Gasteiger partial charge is 0.331 e. The fourth-order valence-electron chi connectivity index (χ4n) is 1.81. The van der Waals surface area contributed by atoms with Crippen molar-refractivity contribution in [2.45, 2.75) is 5.54 Å². The normalized spacial score (nSPS) is 25.2. The van der Waals surface area contributed by atoms with Crippen LogP contribution in [0.25, 0.3) is 0 Å². The van der Waals surface area contributed by atoms with Crippen LogP contribution in [-0.2, 0) is 15.1 Å². The van der Waals surface area contributed by atoms with Crippen molar-refractivity contribution < 1.29 is 19.7 Å². The molecule has 5 nitrogen and oxygen atoms in total. The Morgan fingerprint density at radius 3 is 2.56 bits per heavy atom. The molecular weight excluding hydrogens is 210 g/mol. The SMILES string of the molecule is O=C(O)C1(c2ccc(O)cc2)COCCN1. The molecule has 0 aromatic heterocycles. The van der Waals surface area contributed by atoms with E-state index < -0.39 is 11.5 Å². The van der Waals surface area contributed by atoms with Crippen molar-refractivity contribution in [1.29, 1.82) is 0 Å². The van der Waals surface area contributed by atoms with Gasteiger partial charge in [-0.05, 0) is 17.7 Å². The number of hydrogen-bond acceptors (Lipinski definition) is 4. The topological polar surface area (TPSA) is 78.8 Å². The molecule has 1 aliphatic rings. The first-order valence-corrected chi connectivity index (χ1v) is 5.01. The summed E-state index contributed by atoms with van der Waals surface area (Å²) in [4.78, 5) is 11.4. The van der Waals surface area contributed by atoms with E-state index >= 15 is 0 Å². The molecule has 1 atom stereocenters. The van der Waals surface area contributed by atoms with Gasteiger partial charge in [0.2, 0.25) is 0 Å². The Labute approximate surface area is 92.7 Å². The molecule has 0 radical (unpaired) electrons. The standard InChI is InChI=1S/C11H13NO4/c13-9-3-1-8(2-4-9)11(10(14)15)7-16-6-5-12-11/h1-4,12-13H,5-7H2,(H,14,15). The molecule has 1 fully saturated rings. The first-order valence-electron chi connectivity index (χ1n) is 5.01. The van der Waals surface area contributed by atoms with Gasteiger partial charge in [0.25, 0.3) is 0 Å². The van der Waals surface area contributed by atoms with E-state index in [4.69, 9.17) is 4.74 Å². The number of carbonyl (C=O) groups is 1. The Bertz CT molecular complexity index is 381. The van der Waals surface area contributed by atoms with Crippen LogP contribution in [0.5, 0.6) is 5.75 Å². The molecule has 16 heavy (non-hydrogen) atoms. The minimum Gasteiger partial charge on any atom is -0.508 e. The molecule has 86 valence electrons. The summed E-state index contributed by atoms with van der Waals surface area (Å²) in [6, 6.07) is 6.11. The van der Waals surface area contributed by atoms with Gasteiger partial charge in [-0.1, -0.05) is 12.1 Å². The van der Waals surface area contributed by atoms with Crippen LogP contribution in [0.1, 0.15) is 5.56 Å². The van der Waals surface area contributed by atoms with E-state index in [0.29, 0.717) is 18.7 Å². The van der Waals surface area contributed by atoms with Gasteiger partial charge in [-0.2, -0.15) is 0 Å². The zero-order valence-electron chi connectivity index (χ0n) is 8.64. The van der Waals surface area contributed by atoms with Crippen molar-refractivity contribution >= 4 is 5.97 Å². The molecule has 0 saturated carbocycles. The first kappa shape index (κ1) is 10.9. The lowest BCUT2D eigenvalue weighted by atomic mass is 9.90. The number of rotatable bonds is 2. The van der Waals surface area contributed by atoms with Gasteiger partial charge in [0, 0.05) is 6.54 Å². The van der Waals surface area contributed by atoms with Gasteiger partial charge < -0.3 is 14.9 Å².